The van der Waals surface area contributed by atoms with Crippen LogP contribution in [0.2, 0.25) is 0 Å². The van der Waals surface area contributed by atoms with Crippen molar-refractivity contribution in [1.82, 2.24) is 5.32 Å². The molecule has 2 aromatic rings. The van der Waals surface area contributed by atoms with Crippen molar-refractivity contribution in [3.63, 3.8) is 0 Å². The Morgan fingerprint density at radius 1 is 1.14 bits per heavy atom. The van der Waals surface area contributed by atoms with Crippen LogP contribution in [0.4, 0.5) is 4.39 Å². The van der Waals surface area contributed by atoms with Gasteiger partial charge >= 0.3 is 0 Å². The summed E-state index contributed by atoms with van der Waals surface area (Å²) in [5, 5.41) is 3.38. The minimum atomic E-state index is -0.150. The van der Waals surface area contributed by atoms with Crippen LogP contribution in [-0.4, -0.2) is 6.54 Å². The number of halogens is 1. The lowest BCUT2D eigenvalue weighted by Crippen LogP contribution is -2.19. The van der Waals surface area contributed by atoms with E-state index in [-0.39, 0.29) is 11.9 Å². The Balaban J connectivity index is 2.10. The molecule has 1 atom stereocenters. The fourth-order valence-electron chi connectivity index (χ4n) is 2.08. The number of aryl methyl sites for hydroxylation is 1. The molecule has 0 aliphatic carbocycles. The van der Waals surface area contributed by atoms with Crippen molar-refractivity contribution in [3.05, 3.63) is 59.4 Å². The molecule has 0 saturated carbocycles. The van der Waals surface area contributed by atoms with E-state index in [1.165, 1.54) is 17.3 Å². The van der Waals surface area contributed by atoms with Crippen LogP contribution < -0.4 is 5.32 Å². The van der Waals surface area contributed by atoms with Crippen molar-refractivity contribution < 1.29 is 4.39 Å². The molecule has 1 nitrogen and oxygen atoms in total. The Bertz CT molecular complexity index is 580. The third kappa shape index (κ3) is 4.58. The zero-order chi connectivity index (χ0) is 15.2. The second-order valence-electron chi connectivity index (χ2n) is 5.28. The average molecular weight is 303 g/mol. The topological polar surface area (TPSA) is 12.0 Å². The Morgan fingerprint density at radius 3 is 2.48 bits per heavy atom. The number of benzene rings is 2. The first kappa shape index (κ1) is 16.1. The largest absolute Gasteiger partial charge is 0.310 e. The molecule has 21 heavy (non-hydrogen) atoms. The van der Waals surface area contributed by atoms with E-state index in [4.69, 9.17) is 0 Å². The molecule has 0 fully saturated rings. The van der Waals surface area contributed by atoms with Gasteiger partial charge < -0.3 is 5.32 Å². The smallest absolute Gasteiger partial charge is 0.137 e. The van der Waals surface area contributed by atoms with Crippen molar-refractivity contribution in [2.75, 3.05) is 6.54 Å². The maximum Gasteiger partial charge on any atom is 0.137 e. The SMILES string of the molecule is CCCNC(C)c1ccc(Sc2ccc(C)cc2)c(F)c1. The third-order valence-corrected chi connectivity index (χ3v) is 4.46. The van der Waals surface area contributed by atoms with Crippen molar-refractivity contribution in [2.45, 2.75) is 43.0 Å². The normalized spacial score (nSPS) is 12.4. The highest BCUT2D eigenvalue weighted by Gasteiger charge is 2.09. The summed E-state index contributed by atoms with van der Waals surface area (Å²) in [4.78, 5) is 1.73. The molecule has 0 radical (unpaired) electrons. The van der Waals surface area contributed by atoms with Gasteiger partial charge in [0.25, 0.3) is 0 Å². The third-order valence-electron chi connectivity index (χ3n) is 3.41. The Morgan fingerprint density at radius 2 is 1.86 bits per heavy atom. The first-order valence-corrected chi connectivity index (χ1v) is 8.19. The predicted molar refractivity (Wildman–Crippen MR) is 88.4 cm³/mol. The summed E-state index contributed by atoms with van der Waals surface area (Å²) in [5.41, 5.74) is 2.21. The van der Waals surface area contributed by atoms with Gasteiger partial charge in [-0.15, -0.1) is 0 Å². The molecule has 0 saturated heterocycles. The van der Waals surface area contributed by atoms with Crippen LogP contribution in [0.3, 0.4) is 0 Å². The van der Waals surface area contributed by atoms with Gasteiger partial charge in [0.1, 0.15) is 5.82 Å². The lowest BCUT2D eigenvalue weighted by atomic mass is 10.1. The van der Waals surface area contributed by atoms with E-state index in [2.05, 4.69) is 26.1 Å². The van der Waals surface area contributed by atoms with Crippen molar-refractivity contribution >= 4 is 11.8 Å². The lowest BCUT2D eigenvalue weighted by molar-refractivity contribution is 0.556. The molecule has 0 amide bonds. The van der Waals surface area contributed by atoms with E-state index < -0.39 is 0 Å². The lowest BCUT2D eigenvalue weighted by Gasteiger charge is -2.14. The monoisotopic (exact) mass is 303 g/mol. The van der Waals surface area contributed by atoms with Crippen LogP contribution >= 0.6 is 11.8 Å². The molecule has 0 aliphatic rings. The number of rotatable bonds is 6. The van der Waals surface area contributed by atoms with Gasteiger partial charge in [-0.05, 0) is 56.6 Å². The summed E-state index contributed by atoms with van der Waals surface area (Å²) in [6, 6.07) is 13.8. The highest BCUT2D eigenvalue weighted by molar-refractivity contribution is 7.99. The van der Waals surface area contributed by atoms with Crippen molar-refractivity contribution in [3.8, 4) is 0 Å². The Kier molecular flexibility index (Phi) is 5.83. The van der Waals surface area contributed by atoms with E-state index in [1.807, 2.05) is 36.4 Å². The van der Waals surface area contributed by atoms with Crippen LogP contribution in [0, 0.1) is 12.7 Å². The van der Waals surface area contributed by atoms with E-state index in [0.717, 1.165) is 23.4 Å². The summed E-state index contributed by atoms with van der Waals surface area (Å²) in [6.07, 6.45) is 1.08. The van der Waals surface area contributed by atoms with Gasteiger partial charge in [-0.1, -0.05) is 42.4 Å². The van der Waals surface area contributed by atoms with Gasteiger partial charge in [-0.3, -0.25) is 0 Å². The molecule has 0 spiro atoms. The summed E-state index contributed by atoms with van der Waals surface area (Å²) < 4.78 is 14.2. The zero-order valence-electron chi connectivity index (χ0n) is 12.8. The number of nitrogens with one attached hydrogen (secondary N) is 1. The van der Waals surface area contributed by atoms with E-state index in [1.54, 1.807) is 6.07 Å². The van der Waals surface area contributed by atoms with Gasteiger partial charge in [-0.25, -0.2) is 4.39 Å². The first-order valence-electron chi connectivity index (χ1n) is 7.37. The van der Waals surface area contributed by atoms with Gasteiger partial charge in [0.15, 0.2) is 0 Å². The highest BCUT2D eigenvalue weighted by atomic mass is 32.2. The minimum Gasteiger partial charge on any atom is -0.310 e. The van der Waals surface area contributed by atoms with Gasteiger partial charge in [-0.2, -0.15) is 0 Å². The number of hydrogen-bond donors (Lipinski definition) is 1. The molecule has 1 unspecified atom stereocenters. The highest BCUT2D eigenvalue weighted by Crippen LogP contribution is 2.31. The maximum absolute atomic E-state index is 14.2. The molecule has 112 valence electrons. The fourth-order valence-corrected chi connectivity index (χ4v) is 2.90. The van der Waals surface area contributed by atoms with Crippen LogP contribution in [0.5, 0.6) is 0 Å². The van der Waals surface area contributed by atoms with Crippen LogP contribution in [0.15, 0.2) is 52.3 Å². The van der Waals surface area contributed by atoms with Gasteiger partial charge in [0.05, 0.1) is 0 Å². The second-order valence-corrected chi connectivity index (χ2v) is 6.40. The van der Waals surface area contributed by atoms with E-state index in [0.29, 0.717) is 4.90 Å². The van der Waals surface area contributed by atoms with Crippen LogP contribution in [-0.2, 0) is 0 Å². The van der Waals surface area contributed by atoms with Crippen LogP contribution in [0.25, 0.3) is 0 Å². The maximum atomic E-state index is 14.2. The molecule has 0 aromatic heterocycles. The molecule has 0 bridgehead atoms. The summed E-state index contributed by atoms with van der Waals surface area (Å²) in [6.45, 7) is 7.19. The summed E-state index contributed by atoms with van der Waals surface area (Å²) in [5.74, 6) is -0.150. The standard InChI is InChI=1S/C18H22FNS/c1-4-11-20-14(3)15-7-10-18(17(19)12-15)21-16-8-5-13(2)6-9-16/h5-10,12,14,20H,4,11H2,1-3H3. The second kappa shape index (κ2) is 7.62. The molecule has 2 aromatic carbocycles. The Hall–Kier alpha value is -1.32. The van der Waals surface area contributed by atoms with E-state index >= 15 is 0 Å². The zero-order valence-corrected chi connectivity index (χ0v) is 13.6. The molecule has 0 heterocycles. The van der Waals surface area contributed by atoms with Crippen LogP contribution in [0.1, 0.15) is 37.4 Å². The van der Waals surface area contributed by atoms with Gasteiger partial charge in [0.2, 0.25) is 0 Å². The molecule has 0 aliphatic heterocycles. The van der Waals surface area contributed by atoms with Gasteiger partial charge in [0, 0.05) is 15.8 Å². The average Bonchev–Trinajstić information content (AvgIpc) is 2.49. The van der Waals surface area contributed by atoms with Crippen molar-refractivity contribution in [2.24, 2.45) is 0 Å². The molecule has 2 rings (SSSR count). The number of hydrogen-bond acceptors (Lipinski definition) is 2. The molecular weight excluding hydrogens is 281 g/mol. The fraction of sp³-hybridized carbons (Fsp3) is 0.333. The summed E-state index contributed by atoms with van der Waals surface area (Å²) in [7, 11) is 0. The first-order chi connectivity index (χ1) is 10.1. The van der Waals surface area contributed by atoms with Crippen molar-refractivity contribution in [1.29, 1.82) is 0 Å². The summed E-state index contributed by atoms with van der Waals surface area (Å²) >= 11 is 1.47. The quantitative estimate of drug-likeness (QED) is 0.772. The predicted octanol–water partition coefficient (Wildman–Crippen LogP) is 5.35. The minimum absolute atomic E-state index is 0.150. The molecular formula is C18H22FNS. The molecule has 1 N–H and O–H groups in total. The Labute approximate surface area is 131 Å². The molecule has 3 heteroatoms. The van der Waals surface area contributed by atoms with E-state index in [9.17, 15) is 4.39 Å².